The first-order valence-corrected chi connectivity index (χ1v) is 15.3. The van der Waals surface area contributed by atoms with Crippen molar-refractivity contribution in [2.24, 2.45) is 10.5 Å². The number of allylic oxidation sites excluding steroid dienone is 1. The van der Waals surface area contributed by atoms with Gasteiger partial charge in [-0.2, -0.15) is 12.7 Å². The fraction of sp³-hybridized carbons (Fsp3) is 0.286. The van der Waals surface area contributed by atoms with Gasteiger partial charge in [0.15, 0.2) is 10.8 Å². The molecule has 2 aliphatic rings. The smallest absolute Gasteiger partial charge is 0.283 e. The van der Waals surface area contributed by atoms with Crippen molar-refractivity contribution in [3.8, 4) is 11.3 Å². The number of aromatic nitrogens is 1. The fourth-order valence-corrected chi connectivity index (χ4v) is 6.68. The van der Waals surface area contributed by atoms with Crippen LogP contribution in [-0.4, -0.2) is 40.9 Å². The van der Waals surface area contributed by atoms with E-state index in [0.717, 1.165) is 27.0 Å². The lowest BCUT2D eigenvalue weighted by atomic mass is 9.90. The zero-order valence-electron chi connectivity index (χ0n) is 23.3. The molecule has 3 aromatic rings. The number of urea groups is 1. The standard InChI is InChI=1S/C28H31N7O4S2/c1-27(2,3)22-15-23(30-25(37)31-26-29-21(17-40-26)19-9-7-6-8-10-19)35(32-22)20-13-11-18(12-14-20)16-34-28(4,5)24(36)33-41(34,38)39/h6-15,17H,16H2,1-5H3,(H,33,36)(H2,29,30,31,37)/p+1. The van der Waals surface area contributed by atoms with E-state index in [0.29, 0.717) is 21.5 Å². The molecule has 2 aromatic carbocycles. The van der Waals surface area contributed by atoms with E-state index >= 15 is 0 Å². The first kappa shape index (κ1) is 28.6. The highest BCUT2D eigenvalue weighted by Gasteiger charge is 2.50. The summed E-state index contributed by atoms with van der Waals surface area (Å²) in [5, 5.41) is 13.5. The van der Waals surface area contributed by atoms with Crippen LogP contribution in [0.3, 0.4) is 0 Å². The lowest BCUT2D eigenvalue weighted by molar-refractivity contribution is -0.797. The molecule has 4 N–H and O–H groups in total. The zero-order valence-corrected chi connectivity index (χ0v) is 25.0. The molecule has 3 heterocycles. The van der Waals surface area contributed by atoms with Crippen molar-refractivity contribution in [2.45, 2.75) is 46.7 Å². The Bertz CT molecular complexity index is 1660. The highest BCUT2D eigenvalue weighted by Crippen LogP contribution is 2.28. The summed E-state index contributed by atoms with van der Waals surface area (Å²) in [5.41, 5.74) is 2.54. The Morgan fingerprint density at radius 1 is 1.07 bits per heavy atom. The number of anilines is 1. The molecule has 11 nitrogen and oxygen atoms in total. The molecular weight excluding hydrogens is 562 g/mol. The molecule has 41 heavy (non-hydrogen) atoms. The van der Waals surface area contributed by atoms with Gasteiger partial charge >= 0.3 is 16.2 Å². The van der Waals surface area contributed by atoms with Crippen molar-refractivity contribution >= 4 is 50.0 Å². The predicted molar refractivity (Wildman–Crippen MR) is 158 cm³/mol. The summed E-state index contributed by atoms with van der Waals surface area (Å²) < 4.78 is 28.1. The summed E-state index contributed by atoms with van der Waals surface area (Å²) in [4.78, 5) is 29.7. The molecule has 214 valence electrons. The van der Waals surface area contributed by atoms with Crippen molar-refractivity contribution < 1.29 is 23.0 Å². The Morgan fingerprint density at radius 3 is 2.37 bits per heavy atom. The topological polar surface area (TPSA) is 137 Å². The van der Waals surface area contributed by atoms with Gasteiger partial charge in [0.25, 0.3) is 5.91 Å². The number of benzene rings is 2. The monoisotopic (exact) mass is 594 g/mol. The van der Waals surface area contributed by atoms with Crippen LogP contribution in [0.4, 0.5) is 15.6 Å². The van der Waals surface area contributed by atoms with Crippen LogP contribution in [0, 0.1) is 5.41 Å². The van der Waals surface area contributed by atoms with Crippen LogP contribution in [0.25, 0.3) is 11.3 Å². The van der Waals surface area contributed by atoms with E-state index in [4.69, 9.17) is 5.10 Å². The molecule has 1 unspecified atom stereocenters. The summed E-state index contributed by atoms with van der Waals surface area (Å²) in [5.74, 6) is -0.0223. The SMILES string of the molecule is CC(C)(C)C1=N[NH+](c2ccc(CN3C(C)(C)C(=O)NS3(=O)=O)cc2)C(NC(=O)Nc2nc(-c3ccccc3)cs2)=C1. The number of amides is 3. The minimum absolute atomic E-state index is 0.0301. The summed E-state index contributed by atoms with van der Waals surface area (Å²) >= 11 is 1.34. The predicted octanol–water partition coefficient (Wildman–Crippen LogP) is 3.36. The number of hydrogen-bond donors (Lipinski definition) is 4. The zero-order chi connectivity index (χ0) is 29.6. The van der Waals surface area contributed by atoms with E-state index in [9.17, 15) is 18.0 Å². The average molecular weight is 595 g/mol. The Balaban J connectivity index is 1.32. The Kier molecular flexibility index (Phi) is 7.32. The normalized spacial score (nSPS) is 19.8. The van der Waals surface area contributed by atoms with Gasteiger partial charge < -0.3 is 0 Å². The molecule has 1 saturated heterocycles. The van der Waals surface area contributed by atoms with Crippen LogP contribution < -0.4 is 20.4 Å². The molecule has 0 radical (unpaired) electrons. The maximum Gasteiger partial charge on any atom is 0.329 e. The molecule has 0 saturated carbocycles. The Hall–Kier alpha value is -3.91. The second kappa shape index (κ2) is 10.5. The fourth-order valence-electron chi connectivity index (χ4n) is 4.37. The third kappa shape index (κ3) is 5.93. The number of nitrogens with zero attached hydrogens (tertiary/aromatic N) is 3. The average Bonchev–Trinajstić information content (AvgIpc) is 3.58. The highest BCUT2D eigenvalue weighted by atomic mass is 32.2. The van der Waals surface area contributed by atoms with Gasteiger partial charge in [-0.3, -0.25) is 15.4 Å². The Morgan fingerprint density at radius 2 is 1.76 bits per heavy atom. The lowest BCUT2D eigenvalue weighted by Crippen LogP contribution is -3.01. The first-order valence-electron chi connectivity index (χ1n) is 13.0. The molecule has 0 spiro atoms. The lowest BCUT2D eigenvalue weighted by Gasteiger charge is -2.25. The van der Waals surface area contributed by atoms with Crippen LogP contribution in [0.15, 0.2) is 77.0 Å². The van der Waals surface area contributed by atoms with Crippen LogP contribution in [-0.2, 0) is 21.5 Å². The van der Waals surface area contributed by atoms with E-state index in [1.807, 2.05) is 74.7 Å². The van der Waals surface area contributed by atoms with E-state index in [2.05, 4.69) is 20.3 Å². The molecule has 2 aliphatic heterocycles. The van der Waals surface area contributed by atoms with Crippen LogP contribution >= 0.6 is 11.3 Å². The van der Waals surface area contributed by atoms with E-state index < -0.39 is 27.7 Å². The number of carbonyl (C=O) groups excluding carboxylic acids is 2. The van der Waals surface area contributed by atoms with Gasteiger partial charge in [-0.25, -0.2) is 14.5 Å². The minimum Gasteiger partial charge on any atom is -0.283 e. The van der Waals surface area contributed by atoms with Crippen LogP contribution in [0.1, 0.15) is 40.2 Å². The van der Waals surface area contributed by atoms with Gasteiger partial charge in [0, 0.05) is 41.1 Å². The van der Waals surface area contributed by atoms with Gasteiger partial charge in [0.05, 0.1) is 5.69 Å². The van der Waals surface area contributed by atoms with Crippen LogP contribution in [0.2, 0.25) is 0 Å². The first-order chi connectivity index (χ1) is 19.2. The van der Waals surface area contributed by atoms with Crippen molar-refractivity contribution in [1.82, 2.24) is 19.3 Å². The summed E-state index contributed by atoms with van der Waals surface area (Å²) in [6, 6.07) is 16.5. The second-order valence-corrected chi connectivity index (χ2v) is 13.8. The van der Waals surface area contributed by atoms with Crippen molar-refractivity contribution in [1.29, 1.82) is 0 Å². The molecule has 3 amide bonds. The molecule has 5 rings (SSSR count). The van der Waals surface area contributed by atoms with Gasteiger partial charge in [0.2, 0.25) is 5.82 Å². The number of carbonyl (C=O) groups is 2. The largest absolute Gasteiger partial charge is 0.329 e. The van der Waals surface area contributed by atoms with Crippen molar-refractivity contribution in [3.63, 3.8) is 0 Å². The van der Waals surface area contributed by atoms with Crippen LogP contribution in [0.5, 0.6) is 0 Å². The number of thiazole rings is 1. The van der Waals surface area contributed by atoms with Gasteiger partial charge in [0.1, 0.15) is 11.3 Å². The molecule has 1 atom stereocenters. The summed E-state index contributed by atoms with van der Waals surface area (Å²) in [6.07, 6.45) is 1.86. The Labute approximate surface area is 243 Å². The number of rotatable bonds is 6. The molecule has 1 fully saturated rings. The summed E-state index contributed by atoms with van der Waals surface area (Å²) in [7, 11) is -3.92. The molecule has 1 aromatic heterocycles. The molecule has 0 aliphatic carbocycles. The van der Waals surface area contributed by atoms with Crippen molar-refractivity contribution in [3.05, 3.63) is 77.4 Å². The highest BCUT2D eigenvalue weighted by molar-refractivity contribution is 7.88. The maximum atomic E-state index is 13.0. The maximum absolute atomic E-state index is 13.0. The molecular formula is C28H32N7O4S2+. The third-order valence-electron chi connectivity index (χ3n) is 6.82. The second-order valence-electron chi connectivity index (χ2n) is 11.3. The summed E-state index contributed by atoms with van der Waals surface area (Å²) in [6.45, 7) is 9.30. The molecule has 0 bridgehead atoms. The van der Waals surface area contributed by atoms with E-state index in [1.165, 1.54) is 11.3 Å². The quantitative estimate of drug-likeness (QED) is 0.347. The van der Waals surface area contributed by atoms with Crippen molar-refractivity contribution in [2.75, 3.05) is 5.32 Å². The number of nitrogens with one attached hydrogen (secondary N) is 4. The van der Waals surface area contributed by atoms with E-state index in [1.54, 1.807) is 26.0 Å². The van der Waals surface area contributed by atoms with Gasteiger partial charge in [-0.15, -0.1) is 16.3 Å². The van der Waals surface area contributed by atoms with Gasteiger partial charge in [-0.05, 0) is 19.4 Å². The third-order valence-corrected chi connectivity index (χ3v) is 9.19. The molecule has 13 heteroatoms. The number of hydrogen-bond acceptors (Lipinski definition) is 7. The number of quaternary nitrogens is 1. The van der Waals surface area contributed by atoms with E-state index in [-0.39, 0.29) is 12.0 Å². The van der Waals surface area contributed by atoms with Gasteiger partial charge in [-0.1, -0.05) is 68.3 Å². The minimum atomic E-state index is -3.92.